The number of aromatic amines is 2. The number of aromatic nitrogens is 4. The molecule has 2 heterocycles. The van der Waals surface area contributed by atoms with Crippen molar-refractivity contribution in [2.24, 2.45) is 0 Å². The number of hydrogen-bond donors (Lipinski definition) is 2. The van der Waals surface area contributed by atoms with E-state index in [0.29, 0.717) is 11.7 Å². The first-order chi connectivity index (χ1) is 8.83. The van der Waals surface area contributed by atoms with Crippen LogP contribution in [0.5, 0.6) is 0 Å². The van der Waals surface area contributed by atoms with Gasteiger partial charge in [-0.25, -0.2) is 4.98 Å². The minimum absolute atomic E-state index is 0.109. The van der Waals surface area contributed by atoms with Gasteiger partial charge in [-0.2, -0.15) is 5.10 Å². The molecule has 1 saturated carbocycles. The fraction of sp³-hybridized carbons (Fsp3) is 0.462. The second kappa shape index (κ2) is 4.76. The Bertz CT molecular complexity index is 560. The van der Waals surface area contributed by atoms with Gasteiger partial charge in [0.05, 0.1) is 0 Å². The molecule has 0 amide bonds. The summed E-state index contributed by atoms with van der Waals surface area (Å²) in [7, 11) is 0. The summed E-state index contributed by atoms with van der Waals surface area (Å²) in [6.45, 7) is 0. The Morgan fingerprint density at radius 2 is 2.00 bits per heavy atom. The number of nitrogens with one attached hydrogen (secondary N) is 2. The fourth-order valence-corrected chi connectivity index (χ4v) is 2.51. The molecule has 5 nitrogen and oxygen atoms in total. The van der Waals surface area contributed by atoms with Crippen LogP contribution in [0.25, 0.3) is 11.4 Å². The molecule has 1 aliphatic rings. The Kier molecular flexibility index (Phi) is 2.96. The summed E-state index contributed by atoms with van der Waals surface area (Å²) >= 11 is 0. The SMILES string of the molecule is O=c1ccc(-c2n[nH]c(C3CCCCC3)n2)c[nH]1. The Morgan fingerprint density at radius 1 is 1.17 bits per heavy atom. The van der Waals surface area contributed by atoms with Crippen LogP contribution < -0.4 is 5.56 Å². The summed E-state index contributed by atoms with van der Waals surface area (Å²) in [5.74, 6) is 2.16. The number of rotatable bonds is 2. The molecule has 0 radical (unpaired) electrons. The molecule has 18 heavy (non-hydrogen) atoms. The van der Waals surface area contributed by atoms with Crippen molar-refractivity contribution >= 4 is 0 Å². The minimum Gasteiger partial charge on any atom is -0.328 e. The predicted molar refractivity (Wildman–Crippen MR) is 68.3 cm³/mol. The van der Waals surface area contributed by atoms with Crippen LogP contribution in [0.1, 0.15) is 43.8 Å². The first-order valence-corrected chi connectivity index (χ1v) is 6.44. The van der Waals surface area contributed by atoms with Crippen molar-refractivity contribution in [2.75, 3.05) is 0 Å². The zero-order valence-electron chi connectivity index (χ0n) is 10.1. The highest BCUT2D eigenvalue weighted by molar-refractivity contribution is 5.52. The van der Waals surface area contributed by atoms with E-state index in [1.807, 2.05) is 0 Å². The third-order valence-electron chi connectivity index (χ3n) is 3.54. The van der Waals surface area contributed by atoms with Crippen molar-refractivity contribution in [3.63, 3.8) is 0 Å². The van der Waals surface area contributed by atoms with Gasteiger partial charge in [0.2, 0.25) is 5.56 Å². The Balaban J connectivity index is 1.84. The van der Waals surface area contributed by atoms with Crippen LogP contribution in [0.2, 0.25) is 0 Å². The standard InChI is InChI=1S/C13H16N4O/c18-11-7-6-10(8-14-11)13-15-12(16-17-13)9-4-2-1-3-5-9/h6-9H,1-5H2,(H,14,18)(H,15,16,17). The maximum Gasteiger partial charge on any atom is 0.247 e. The van der Waals surface area contributed by atoms with E-state index >= 15 is 0 Å². The van der Waals surface area contributed by atoms with Crippen LogP contribution in [0.4, 0.5) is 0 Å². The van der Waals surface area contributed by atoms with Crippen LogP contribution >= 0.6 is 0 Å². The lowest BCUT2D eigenvalue weighted by molar-refractivity contribution is 0.429. The average molecular weight is 244 g/mol. The fourth-order valence-electron chi connectivity index (χ4n) is 2.51. The highest BCUT2D eigenvalue weighted by atomic mass is 16.1. The maximum absolute atomic E-state index is 11.0. The number of hydrogen-bond acceptors (Lipinski definition) is 3. The monoisotopic (exact) mass is 244 g/mol. The van der Waals surface area contributed by atoms with Gasteiger partial charge in [0, 0.05) is 23.7 Å². The maximum atomic E-state index is 11.0. The summed E-state index contributed by atoms with van der Waals surface area (Å²) in [5.41, 5.74) is 0.731. The van der Waals surface area contributed by atoms with E-state index in [-0.39, 0.29) is 5.56 Å². The van der Waals surface area contributed by atoms with Gasteiger partial charge in [0.25, 0.3) is 0 Å². The van der Waals surface area contributed by atoms with Gasteiger partial charge in [-0.05, 0) is 18.9 Å². The third-order valence-corrected chi connectivity index (χ3v) is 3.54. The third kappa shape index (κ3) is 2.20. The molecule has 1 fully saturated rings. The van der Waals surface area contributed by atoms with Crippen molar-refractivity contribution in [1.82, 2.24) is 20.2 Å². The van der Waals surface area contributed by atoms with Crippen molar-refractivity contribution in [1.29, 1.82) is 0 Å². The predicted octanol–water partition coefficient (Wildman–Crippen LogP) is 2.21. The lowest BCUT2D eigenvalue weighted by Crippen LogP contribution is -2.06. The van der Waals surface area contributed by atoms with E-state index in [2.05, 4.69) is 20.2 Å². The molecule has 0 aromatic carbocycles. The average Bonchev–Trinajstić information content (AvgIpc) is 2.90. The molecule has 2 N–H and O–H groups in total. The smallest absolute Gasteiger partial charge is 0.247 e. The lowest BCUT2D eigenvalue weighted by atomic mass is 9.89. The summed E-state index contributed by atoms with van der Waals surface area (Å²) in [4.78, 5) is 18.2. The van der Waals surface area contributed by atoms with Gasteiger partial charge in [-0.1, -0.05) is 19.3 Å². The van der Waals surface area contributed by atoms with E-state index in [9.17, 15) is 4.79 Å². The Labute approximate surface area is 105 Å². The molecule has 2 aromatic heterocycles. The molecule has 0 spiro atoms. The van der Waals surface area contributed by atoms with Crippen LogP contribution in [0.3, 0.4) is 0 Å². The highest BCUT2D eigenvalue weighted by Gasteiger charge is 2.19. The second-order valence-corrected chi connectivity index (χ2v) is 4.82. The molecule has 3 rings (SSSR count). The number of H-pyrrole nitrogens is 2. The molecule has 0 saturated heterocycles. The zero-order valence-corrected chi connectivity index (χ0v) is 10.1. The van der Waals surface area contributed by atoms with Crippen LogP contribution in [-0.4, -0.2) is 20.2 Å². The van der Waals surface area contributed by atoms with Gasteiger partial charge < -0.3 is 4.98 Å². The zero-order chi connectivity index (χ0) is 12.4. The van der Waals surface area contributed by atoms with E-state index in [0.717, 1.165) is 11.4 Å². The lowest BCUT2D eigenvalue weighted by Gasteiger charge is -2.18. The molecular formula is C13H16N4O. The van der Waals surface area contributed by atoms with Gasteiger partial charge in [-0.15, -0.1) is 0 Å². The van der Waals surface area contributed by atoms with Crippen LogP contribution in [0.15, 0.2) is 23.1 Å². The topological polar surface area (TPSA) is 74.4 Å². The van der Waals surface area contributed by atoms with Gasteiger partial charge in [0.1, 0.15) is 5.82 Å². The van der Waals surface area contributed by atoms with Gasteiger partial charge in [-0.3, -0.25) is 9.89 Å². The van der Waals surface area contributed by atoms with E-state index in [1.54, 1.807) is 12.3 Å². The van der Waals surface area contributed by atoms with Crippen LogP contribution in [-0.2, 0) is 0 Å². The highest BCUT2D eigenvalue weighted by Crippen LogP contribution is 2.31. The van der Waals surface area contributed by atoms with E-state index in [4.69, 9.17) is 0 Å². The quantitative estimate of drug-likeness (QED) is 0.850. The largest absolute Gasteiger partial charge is 0.328 e. The second-order valence-electron chi connectivity index (χ2n) is 4.82. The minimum atomic E-state index is -0.109. The summed E-state index contributed by atoms with van der Waals surface area (Å²) in [5, 5.41) is 7.27. The van der Waals surface area contributed by atoms with Crippen LogP contribution in [0, 0.1) is 0 Å². The van der Waals surface area contributed by atoms with E-state index in [1.165, 1.54) is 38.2 Å². The first kappa shape index (κ1) is 11.2. The summed E-state index contributed by atoms with van der Waals surface area (Å²) in [6, 6.07) is 3.23. The molecule has 0 unspecified atom stereocenters. The molecule has 2 aromatic rings. The summed E-state index contributed by atoms with van der Waals surface area (Å²) < 4.78 is 0. The van der Waals surface area contributed by atoms with E-state index < -0.39 is 0 Å². The van der Waals surface area contributed by atoms with Crippen molar-refractivity contribution < 1.29 is 0 Å². The Morgan fingerprint density at radius 3 is 2.72 bits per heavy atom. The molecular weight excluding hydrogens is 228 g/mol. The van der Waals surface area contributed by atoms with Gasteiger partial charge >= 0.3 is 0 Å². The normalized spacial score (nSPS) is 16.9. The Hall–Kier alpha value is -1.91. The molecule has 0 aliphatic heterocycles. The van der Waals surface area contributed by atoms with Crippen molar-refractivity contribution in [3.05, 3.63) is 34.5 Å². The molecule has 0 atom stereocenters. The molecule has 0 bridgehead atoms. The molecule has 1 aliphatic carbocycles. The van der Waals surface area contributed by atoms with Crippen molar-refractivity contribution in [2.45, 2.75) is 38.0 Å². The van der Waals surface area contributed by atoms with Gasteiger partial charge in [0.15, 0.2) is 5.82 Å². The number of nitrogens with zero attached hydrogens (tertiary/aromatic N) is 2. The molecule has 94 valence electrons. The molecule has 5 heteroatoms. The van der Waals surface area contributed by atoms with Crippen molar-refractivity contribution in [3.8, 4) is 11.4 Å². The number of pyridine rings is 1. The first-order valence-electron chi connectivity index (χ1n) is 6.44. The summed E-state index contributed by atoms with van der Waals surface area (Å²) in [6.07, 6.45) is 7.92.